The van der Waals surface area contributed by atoms with E-state index in [1.165, 1.54) is 0 Å². The van der Waals surface area contributed by atoms with Gasteiger partial charge in [0, 0.05) is 42.8 Å². The van der Waals surface area contributed by atoms with Gasteiger partial charge < -0.3 is 14.8 Å². The number of hydrogen-bond donors (Lipinski definition) is 1. The van der Waals surface area contributed by atoms with Crippen LogP contribution in [0, 0.1) is 18.3 Å². The Labute approximate surface area is 166 Å². The summed E-state index contributed by atoms with van der Waals surface area (Å²) in [7, 11) is 0. The van der Waals surface area contributed by atoms with Gasteiger partial charge in [0.1, 0.15) is 11.9 Å². The summed E-state index contributed by atoms with van der Waals surface area (Å²) in [5.74, 6) is 0.967. The summed E-state index contributed by atoms with van der Waals surface area (Å²) >= 11 is 0. The highest BCUT2D eigenvalue weighted by Gasteiger charge is 2.29. The molecule has 0 radical (unpaired) electrons. The van der Waals surface area contributed by atoms with Crippen molar-refractivity contribution in [3.05, 3.63) is 36.5 Å². The van der Waals surface area contributed by atoms with Crippen LogP contribution in [0.4, 0.5) is 0 Å². The van der Waals surface area contributed by atoms with Crippen LogP contribution in [0.15, 0.2) is 30.7 Å². The molecular formula is C21H28N6O. The first-order valence-electron chi connectivity index (χ1n) is 9.78. The molecule has 2 aromatic heterocycles. The van der Waals surface area contributed by atoms with Gasteiger partial charge in [0.05, 0.1) is 18.3 Å². The van der Waals surface area contributed by atoms with Crippen molar-refractivity contribution >= 4 is 5.91 Å². The summed E-state index contributed by atoms with van der Waals surface area (Å²) in [5, 5.41) is 12.5. The van der Waals surface area contributed by atoms with Crippen molar-refractivity contribution in [3.63, 3.8) is 0 Å². The van der Waals surface area contributed by atoms with E-state index in [4.69, 9.17) is 5.26 Å². The van der Waals surface area contributed by atoms with Crippen LogP contribution >= 0.6 is 0 Å². The number of amides is 1. The van der Waals surface area contributed by atoms with Gasteiger partial charge in [0.2, 0.25) is 5.91 Å². The molecule has 1 N–H and O–H groups in total. The quantitative estimate of drug-likeness (QED) is 0.798. The Morgan fingerprint density at radius 3 is 3.00 bits per heavy atom. The van der Waals surface area contributed by atoms with Gasteiger partial charge in [-0.05, 0) is 52.2 Å². The fraction of sp³-hybridized carbons (Fsp3) is 0.524. The van der Waals surface area contributed by atoms with Crippen molar-refractivity contribution in [2.24, 2.45) is 0 Å². The molecule has 0 unspecified atom stereocenters. The lowest BCUT2D eigenvalue weighted by Gasteiger charge is -2.28. The van der Waals surface area contributed by atoms with E-state index in [-0.39, 0.29) is 24.0 Å². The highest BCUT2D eigenvalue weighted by atomic mass is 16.2. The van der Waals surface area contributed by atoms with Crippen molar-refractivity contribution in [1.82, 2.24) is 24.8 Å². The van der Waals surface area contributed by atoms with Crippen LogP contribution in [0.1, 0.15) is 38.9 Å². The summed E-state index contributed by atoms with van der Waals surface area (Å²) < 4.78 is 2.14. The molecule has 3 heterocycles. The molecule has 1 aliphatic rings. The maximum Gasteiger partial charge on any atom is 0.237 e. The van der Waals surface area contributed by atoms with Gasteiger partial charge in [0.25, 0.3) is 0 Å². The first-order chi connectivity index (χ1) is 13.4. The molecule has 0 bridgehead atoms. The number of imidazole rings is 1. The van der Waals surface area contributed by atoms with E-state index < -0.39 is 0 Å². The average molecular weight is 380 g/mol. The minimum Gasteiger partial charge on any atom is -0.334 e. The molecule has 1 atom stereocenters. The van der Waals surface area contributed by atoms with E-state index >= 15 is 0 Å². The van der Waals surface area contributed by atoms with E-state index in [1.807, 2.05) is 25.3 Å². The summed E-state index contributed by atoms with van der Waals surface area (Å²) in [5.41, 5.74) is 1.72. The SMILES string of the molecule is Cc1nc(-c2cccnc2)cn1CCC(C)(C)NCC(=O)N1CCC[C@H]1C#N. The van der Waals surface area contributed by atoms with Crippen LogP contribution in [0.2, 0.25) is 0 Å². The second kappa shape index (κ2) is 8.53. The molecule has 0 saturated carbocycles. The minimum atomic E-state index is -0.267. The third-order valence-electron chi connectivity index (χ3n) is 5.35. The molecule has 1 aliphatic heterocycles. The number of likely N-dealkylation sites (tertiary alicyclic amines) is 1. The summed E-state index contributed by atoms with van der Waals surface area (Å²) in [6, 6.07) is 5.87. The molecule has 3 rings (SSSR count). The Morgan fingerprint density at radius 1 is 1.46 bits per heavy atom. The first kappa shape index (κ1) is 20.0. The number of nitrogens with zero attached hydrogens (tertiary/aromatic N) is 5. The number of pyridine rings is 1. The molecule has 1 saturated heterocycles. The molecule has 1 amide bonds. The zero-order valence-electron chi connectivity index (χ0n) is 16.9. The average Bonchev–Trinajstić information content (AvgIpc) is 3.32. The highest BCUT2D eigenvalue weighted by Crippen LogP contribution is 2.20. The Balaban J connectivity index is 1.54. The van der Waals surface area contributed by atoms with E-state index in [0.717, 1.165) is 42.9 Å². The molecular weight excluding hydrogens is 352 g/mol. The van der Waals surface area contributed by atoms with Crippen LogP contribution in [-0.4, -0.2) is 50.0 Å². The van der Waals surface area contributed by atoms with Crippen molar-refractivity contribution in [2.75, 3.05) is 13.1 Å². The van der Waals surface area contributed by atoms with E-state index in [2.05, 4.69) is 46.0 Å². The van der Waals surface area contributed by atoms with Crippen molar-refractivity contribution in [1.29, 1.82) is 5.26 Å². The third kappa shape index (κ3) is 4.76. The van der Waals surface area contributed by atoms with Crippen molar-refractivity contribution < 1.29 is 4.79 Å². The van der Waals surface area contributed by atoms with Crippen LogP contribution in [0.3, 0.4) is 0 Å². The van der Waals surface area contributed by atoms with Gasteiger partial charge in [0.15, 0.2) is 0 Å². The molecule has 0 spiro atoms. The number of aromatic nitrogens is 3. The number of aryl methyl sites for hydroxylation is 2. The second-order valence-corrected chi connectivity index (χ2v) is 7.97. The predicted molar refractivity (Wildman–Crippen MR) is 107 cm³/mol. The van der Waals surface area contributed by atoms with Crippen molar-refractivity contribution in [3.8, 4) is 17.3 Å². The van der Waals surface area contributed by atoms with Gasteiger partial charge in [-0.15, -0.1) is 0 Å². The van der Waals surface area contributed by atoms with Gasteiger partial charge in [-0.2, -0.15) is 5.26 Å². The normalized spacial score (nSPS) is 16.9. The van der Waals surface area contributed by atoms with Crippen LogP contribution in [0.25, 0.3) is 11.3 Å². The largest absolute Gasteiger partial charge is 0.334 e. The smallest absolute Gasteiger partial charge is 0.237 e. The molecule has 0 aliphatic carbocycles. The maximum atomic E-state index is 12.4. The van der Waals surface area contributed by atoms with E-state index in [9.17, 15) is 4.79 Å². The van der Waals surface area contributed by atoms with Gasteiger partial charge in [-0.25, -0.2) is 4.98 Å². The lowest BCUT2D eigenvalue weighted by atomic mass is 10.0. The number of nitrogens with one attached hydrogen (secondary N) is 1. The Kier molecular flexibility index (Phi) is 6.10. The zero-order valence-corrected chi connectivity index (χ0v) is 16.9. The highest BCUT2D eigenvalue weighted by molar-refractivity contribution is 5.79. The topological polar surface area (TPSA) is 86.8 Å². The Bertz CT molecular complexity index is 852. The standard InChI is InChI=1S/C21H28N6O/c1-16-25-19(17-6-4-9-23-13-17)15-26(16)11-8-21(2,3)24-14-20(28)27-10-5-7-18(27)12-22/h4,6,9,13,15,18,24H,5,7-8,10-11,14H2,1-3H3/t18-/m0/s1. The van der Waals surface area contributed by atoms with E-state index in [1.54, 1.807) is 11.1 Å². The molecule has 2 aromatic rings. The lowest BCUT2D eigenvalue weighted by Crippen LogP contribution is -2.47. The molecule has 7 nitrogen and oxygen atoms in total. The minimum absolute atomic E-state index is 0.00907. The van der Waals surface area contributed by atoms with Crippen molar-refractivity contribution in [2.45, 2.75) is 58.2 Å². The monoisotopic (exact) mass is 380 g/mol. The summed E-state index contributed by atoms with van der Waals surface area (Å²) in [6.07, 6.45) is 8.16. The third-order valence-corrected chi connectivity index (χ3v) is 5.35. The number of rotatable bonds is 7. The fourth-order valence-electron chi connectivity index (χ4n) is 3.49. The van der Waals surface area contributed by atoms with Gasteiger partial charge in [-0.3, -0.25) is 9.78 Å². The van der Waals surface area contributed by atoms with Crippen LogP contribution in [-0.2, 0) is 11.3 Å². The molecule has 0 aromatic carbocycles. The lowest BCUT2D eigenvalue weighted by molar-refractivity contribution is -0.130. The zero-order chi connectivity index (χ0) is 20.1. The predicted octanol–water partition coefficient (Wildman–Crippen LogP) is 2.53. The summed E-state index contributed by atoms with van der Waals surface area (Å²) in [4.78, 5) is 22.9. The number of hydrogen-bond acceptors (Lipinski definition) is 5. The number of carbonyl (C=O) groups is 1. The van der Waals surface area contributed by atoms with Gasteiger partial charge in [-0.1, -0.05) is 0 Å². The molecule has 1 fully saturated rings. The number of carbonyl (C=O) groups excluding carboxylic acids is 1. The number of nitriles is 1. The maximum absolute atomic E-state index is 12.4. The second-order valence-electron chi connectivity index (χ2n) is 7.97. The Hall–Kier alpha value is -2.72. The molecule has 7 heteroatoms. The first-order valence-corrected chi connectivity index (χ1v) is 9.78. The Morgan fingerprint density at radius 2 is 2.29 bits per heavy atom. The molecule has 28 heavy (non-hydrogen) atoms. The fourth-order valence-corrected chi connectivity index (χ4v) is 3.49. The van der Waals surface area contributed by atoms with Gasteiger partial charge >= 0.3 is 0 Å². The molecule has 148 valence electrons. The van der Waals surface area contributed by atoms with E-state index in [0.29, 0.717) is 6.54 Å². The van der Waals surface area contributed by atoms with Crippen LogP contribution in [0.5, 0.6) is 0 Å². The van der Waals surface area contributed by atoms with Crippen LogP contribution < -0.4 is 5.32 Å². The summed E-state index contributed by atoms with van der Waals surface area (Å²) in [6.45, 7) is 7.94.